The van der Waals surface area contributed by atoms with Crippen LogP contribution in [-0.4, -0.2) is 17.0 Å². The lowest BCUT2D eigenvalue weighted by Gasteiger charge is -2.07. The predicted molar refractivity (Wildman–Crippen MR) is 88.2 cm³/mol. The third-order valence-corrected chi connectivity index (χ3v) is 3.62. The van der Waals surface area contributed by atoms with Gasteiger partial charge in [-0.3, -0.25) is 4.79 Å². The Balaban J connectivity index is 2.26. The SMILES string of the molecule is O=C(O)c1cc(Br)cc(NC(=O)c2cccc(I)c2)c1. The Morgan fingerprint density at radius 2 is 1.85 bits per heavy atom. The molecule has 0 radical (unpaired) electrons. The van der Waals surface area contributed by atoms with Crippen LogP contribution < -0.4 is 5.32 Å². The maximum absolute atomic E-state index is 12.1. The fourth-order valence-corrected chi connectivity index (χ4v) is 2.65. The van der Waals surface area contributed by atoms with Gasteiger partial charge in [0.1, 0.15) is 0 Å². The number of aromatic carboxylic acids is 1. The Labute approximate surface area is 137 Å². The van der Waals surface area contributed by atoms with E-state index in [4.69, 9.17) is 5.11 Å². The first kappa shape index (κ1) is 15.0. The number of hydrogen-bond acceptors (Lipinski definition) is 2. The number of carboxylic acids is 1. The number of halogens is 2. The third kappa shape index (κ3) is 3.80. The molecule has 4 nitrogen and oxygen atoms in total. The Morgan fingerprint density at radius 3 is 2.50 bits per heavy atom. The van der Waals surface area contributed by atoms with Crippen molar-refractivity contribution in [3.63, 3.8) is 0 Å². The molecular weight excluding hydrogens is 437 g/mol. The van der Waals surface area contributed by atoms with Crippen molar-refractivity contribution in [3.05, 3.63) is 61.6 Å². The standard InChI is InChI=1S/C14H9BrINO3/c15-10-4-9(14(19)20)6-12(7-10)17-13(18)8-2-1-3-11(16)5-8/h1-7H,(H,17,18)(H,19,20). The number of nitrogens with one attached hydrogen (secondary N) is 1. The van der Waals surface area contributed by atoms with E-state index >= 15 is 0 Å². The van der Waals surface area contributed by atoms with Gasteiger partial charge in [0.25, 0.3) is 5.91 Å². The first-order valence-corrected chi connectivity index (χ1v) is 7.43. The fraction of sp³-hybridized carbons (Fsp3) is 0. The van der Waals surface area contributed by atoms with Gasteiger partial charge in [-0.15, -0.1) is 0 Å². The van der Waals surface area contributed by atoms with Gasteiger partial charge in [-0.2, -0.15) is 0 Å². The van der Waals surface area contributed by atoms with Crippen LogP contribution in [0.2, 0.25) is 0 Å². The minimum absolute atomic E-state index is 0.109. The zero-order valence-electron chi connectivity index (χ0n) is 10.1. The van der Waals surface area contributed by atoms with E-state index in [2.05, 4.69) is 43.8 Å². The topological polar surface area (TPSA) is 66.4 Å². The molecule has 0 aromatic heterocycles. The lowest BCUT2D eigenvalue weighted by Crippen LogP contribution is -2.12. The third-order valence-electron chi connectivity index (χ3n) is 2.49. The van der Waals surface area contributed by atoms with E-state index in [1.54, 1.807) is 24.3 Å². The second-order valence-electron chi connectivity index (χ2n) is 4.00. The van der Waals surface area contributed by atoms with E-state index in [1.807, 2.05) is 6.07 Å². The van der Waals surface area contributed by atoms with Crippen LogP contribution >= 0.6 is 38.5 Å². The average molecular weight is 446 g/mol. The molecule has 0 aliphatic carbocycles. The minimum atomic E-state index is -1.05. The van der Waals surface area contributed by atoms with E-state index in [0.717, 1.165) is 3.57 Å². The Bertz CT molecular complexity index is 688. The van der Waals surface area contributed by atoms with E-state index in [-0.39, 0.29) is 11.5 Å². The molecule has 0 aliphatic rings. The molecule has 2 aromatic carbocycles. The molecule has 0 aliphatic heterocycles. The minimum Gasteiger partial charge on any atom is -0.478 e. The molecule has 0 atom stereocenters. The summed E-state index contributed by atoms with van der Waals surface area (Å²) in [7, 11) is 0. The first-order valence-electron chi connectivity index (χ1n) is 5.56. The molecule has 1 amide bonds. The van der Waals surface area contributed by atoms with Crippen molar-refractivity contribution in [1.82, 2.24) is 0 Å². The highest BCUT2D eigenvalue weighted by molar-refractivity contribution is 14.1. The van der Waals surface area contributed by atoms with E-state index < -0.39 is 5.97 Å². The van der Waals surface area contributed by atoms with Crippen LogP contribution in [0.15, 0.2) is 46.9 Å². The van der Waals surface area contributed by atoms with Crippen molar-refractivity contribution in [2.24, 2.45) is 0 Å². The summed E-state index contributed by atoms with van der Waals surface area (Å²) in [5.41, 5.74) is 1.06. The summed E-state index contributed by atoms with van der Waals surface area (Å²) in [6, 6.07) is 11.7. The molecule has 2 rings (SSSR count). The number of rotatable bonds is 3. The quantitative estimate of drug-likeness (QED) is 0.701. The molecule has 102 valence electrons. The van der Waals surface area contributed by atoms with Crippen LogP contribution in [0, 0.1) is 3.57 Å². The van der Waals surface area contributed by atoms with Crippen molar-refractivity contribution in [2.45, 2.75) is 0 Å². The molecule has 0 saturated carbocycles. The summed E-state index contributed by atoms with van der Waals surface area (Å²) >= 11 is 5.35. The Kier molecular flexibility index (Phi) is 4.77. The number of carbonyl (C=O) groups is 2. The first-order chi connectivity index (χ1) is 9.45. The molecule has 0 saturated heterocycles. The van der Waals surface area contributed by atoms with Gasteiger partial charge in [0.05, 0.1) is 5.56 Å². The number of amides is 1. The normalized spacial score (nSPS) is 10.1. The summed E-state index contributed by atoms with van der Waals surface area (Å²) in [5.74, 6) is -1.32. The molecule has 6 heteroatoms. The van der Waals surface area contributed by atoms with E-state index in [9.17, 15) is 9.59 Å². The van der Waals surface area contributed by atoms with Crippen LogP contribution in [0.3, 0.4) is 0 Å². The summed E-state index contributed by atoms with van der Waals surface area (Å²) in [6.07, 6.45) is 0. The molecule has 0 bridgehead atoms. The van der Waals surface area contributed by atoms with Crippen molar-refractivity contribution >= 4 is 56.1 Å². The van der Waals surface area contributed by atoms with Crippen LogP contribution in [0.4, 0.5) is 5.69 Å². The summed E-state index contributed by atoms with van der Waals surface area (Å²) < 4.78 is 1.55. The smallest absolute Gasteiger partial charge is 0.335 e. The van der Waals surface area contributed by atoms with Gasteiger partial charge < -0.3 is 10.4 Å². The lowest BCUT2D eigenvalue weighted by atomic mass is 10.2. The van der Waals surface area contributed by atoms with Crippen LogP contribution in [-0.2, 0) is 0 Å². The molecule has 0 unspecified atom stereocenters. The Hall–Kier alpha value is -1.41. The number of carbonyl (C=O) groups excluding carboxylic acids is 1. The molecule has 0 heterocycles. The van der Waals surface area contributed by atoms with Gasteiger partial charge in [0.15, 0.2) is 0 Å². The van der Waals surface area contributed by atoms with Gasteiger partial charge in [-0.05, 0) is 59.0 Å². The summed E-state index contributed by atoms with van der Waals surface area (Å²) in [6.45, 7) is 0. The average Bonchev–Trinajstić information content (AvgIpc) is 2.37. The van der Waals surface area contributed by atoms with Crippen LogP contribution in [0.1, 0.15) is 20.7 Å². The van der Waals surface area contributed by atoms with Gasteiger partial charge in [0, 0.05) is 19.3 Å². The molecule has 2 aromatic rings. The molecule has 2 N–H and O–H groups in total. The van der Waals surface area contributed by atoms with Crippen LogP contribution in [0.25, 0.3) is 0 Å². The van der Waals surface area contributed by atoms with Gasteiger partial charge in [-0.25, -0.2) is 4.79 Å². The van der Waals surface area contributed by atoms with Crippen molar-refractivity contribution in [2.75, 3.05) is 5.32 Å². The van der Waals surface area contributed by atoms with Crippen molar-refractivity contribution < 1.29 is 14.7 Å². The molecular formula is C14H9BrINO3. The predicted octanol–water partition coefficient (Wildman–Crippen LogP) is 4.00. The number of anilines is 1. The van der Waals surface area contributed by atoms with Gasteiger partial charge in [0.2, 0.25) is 0 Å². The molecule has 0 fully saturated rings. The second-order valence-corrected chi connectivity index (χ2v) is 6.16. The fourth-order valence-electron chi connectivity index (χ4n) is 1.62. The largest absolute Gasteiger partial charge is 0.478 e. The lowest BCUT2D eigenvalue weighted by molar-refractivity contribution is 0.0696. The van der Waals surface area contributed by atoms with Gasteiger partial charge >= 0.3 is 5.97 Å². The zero-order valence-corrected chi connectivity index (χ0v) is 13.8. The molecule has 20 heavy (non-hydrogen) atoms. The summed E-state index contributed by atoms with van der Waals surface area (Å²) in [4.78, 5) is 23.1. The highest BCUT2D eigenvalue weighted by atomic mass is 127. The highest BCUT2D eigenvalue weighted by Gasteiger charge is 2.10. The zero-order chi connectivity index (χ0) is 14.7. The second kappa shape index (κ2) is 6.36. The van der Waals surface area contributed by atoms with Crippen molar-refractivity contribution in [1.29, 1.82) is 0 Å². The van der Waals surface area contributed by atoms with Crippen molar-refractivity contribution in [3.8, 4) is 0 Å². The summed E-state index contributed by atoms with van der Waals surface area (Å²) in [5, 5.41) is 11.7. The maximum Gasteiger partial charge on any atom is 0.335 e. The Morgan fingerprint density at radius 1 is 1.10 bits per heavy atom. The van der Waals surface area contributed by atoms with E-state index in [0.29, 0.717) is 15.7 Å². The highest BCUT2D eigenvalue weighted by Crippen LogP contribution is 2.20. The molecule has 0 spiro atoms. The number of benzene rings is 2. The maximum atomic E-state index is 12.1. The van der Waals surface area contributed by atoms with E-state index in [1.165, 1.54) is 12.1 Å². The van der Waals surface area contributed by atoms with Gasteiger partial charge in [-0.1, -0.05) is 22.0 Å². The number of carboxylic acid groups (broad SMARTS) is 1. The van der Waals surface area contributed by atoms with Crippen LogP contribution in [0.5, 0.6) is 0 Å². The monoisotopic (exact) mass is 445 g/mol. The number of hydrogen-bond donors (Lipinski definition) is 2.